The maximum Gasteiger partial charge on any atom is 0.100 e. The first-order valence-corrected chi connectivity index (χ1v) is 7.78. The molecule has 1 aliphatic rings. The van der Waals surface area contributed by atoms with Gasteiger partial charge in [0.2, 0.25) is 0 Å². The summed E-state index contributed by atoms with van der Waals surface area (Å²) in [6.07, 6.45) is 6.09. The minimum Gasteiger partial charge on any atom is -0.246 e. The number of nitrogens with zero attached hydrogens (tertiary/aromatic N) is 1. The van der Waals surface area contributed by atoms with E-state index in [2.05, 4.69) is 36.6 Å². The van der Waals surface area contributed by atoms with Gasteiger partial charge in [0.15, 0.2) is 0 Å². The van der Waals surface area contributed by atoms with Gasteiger partial charge in [0.1, 0.15) is 5.01 Å². The average Bonchev–Trinajstić information content (AvgIpc) is 2.87. The molecule has 0 aliphatic heterocycles. The molecule has 0 saturated heterocycles. The summed E-state index contributed by atoms with van der Waals surface area (Å²) >= 11 is 1.85. The van der Waals surface area contributed by atoms with Gasteiger partial charge < -0.3 is 0 Å². The van der Waals surface area contributed by atoms with E-state index in [-0.39, 0.29) is 0 Å². The molecule has 2 aromatic rings. The van der Waals surface area contributed by atoms with Crippen LogP contribution in [0.1, 0.15) is 53.9 Å². The molecule has 2 heteroatoms. The van der Waals surface area contributed by atoms with Crippen molar-refractivity contribution < 1.29 is 0 Å². The van der Waals surface area contributed by atoms with Gasteiger partial charge in [0.25, 0.3) is 0 Å². The number of fused-ring (bicyclic) bond motifs is 1. The van der Waals surface area contributed by atoms with Crippen molar-refractivity contribution in [3.8, 4) is 0 Å². The Morgan fingerprint density at radius 3 is 3.11 bits per heavy atom. The second-order valence-corrected chi connectivity index (χ2v) is 5.96. The predicted molar refractivity (Wildman–Crippen MR) is 77.3 cm³/mol. The fourth-order valence-corrected chi connectivity index (χ4v) is 3.87. The highest BCUT2D eigenvalue weighted by atomic mass is 32.1. The zero-order valence-electron chi connectivity index (χ0n) is 10.9. The van der Waals surface area contributed by atoms with Crippen molar-refractivity contribution in [2.75, 3.05) is 0 Å². The fraction of sp³-hybridized carbons (Fsp3) is 0.438. The predicted octanol–water partition coefficient (Wildman–Crippen LogP) is 4.56. The van der Waals surface area contributed by atoms with Gasteiger partial charge in [-0.1, -0.05) is 37.6 Å². The third kappa shape index (κ3) is 2.22. The molecule has 0 bridgehead atoms. The molecule has 18 heavy (non-hydrogen) atoms. The number of hydrogen-bond donors (Lipinski definition) is 0. The van der Waals surface area contributed by atoms with E-state index in [4.69, 9.17) is 4.98 Å². The number of benzene rings is 1. The van der Waals surface area contributed by atoms with Crippen LogP contribution in [-0.2, 0) is 12.8 Å². The van der Waals surface area contributed by atoms with Gasteiger partial charge in [0, 0.05) is 11.3 Å². The van der Waals surface area contributed by atoms with Crippen LogP contribution in [0.3, 0.4) is 0 Å². The molecule has 1 aliphatic carbocycles. The van der Waals surface area contributed by atoms with Gasteiger partial charge in [0.05, 0.1) is 5.69 Å². The van der Waals surface area contributed by atoms with Crippen LogP contribution in [0.2, 0.25) is 0 Å². The Kier molecular flexibility index (Phi) is 3.46. The van der Waals surface area contributed by atoms with Crippen molar-refractivity contribution in [1.82, 2.24) is 4.98 Å². The lowest BCUT2D eigenvalue weighted by atomic mass is 9.83. The van der Waals surface area contributed by atoms with Gasteiger partial charge in [-0.05, 0) is 36.8 Å². The summed E-state index contributed by atoms with van der Waals surface area (Å²) in [6, 6.07) is 8.89. The Bertz CT molecular complexity index is 529. The van der Waals surface area contributed by atoms with E-state index in [1.54, 1.807) is 0 Å². The number of hydrogen-bond acceptors (Lipinski definition) is 2. The van der Waals surface area contributed by atoms with Gasteiger partial charge >= 0.3 is 0 Å². The van der Waals surface area contributed by atoms with Crippen LogP contribution in [0.25, 0.3) is 0 Å². The first-order valence-electron chi connectivity index (χ1n) is 6.90. The van der Waals surface area contributed by atoms with Crippen LogP contribution in [0, 0.1) is 0 Å². The fourth-order valence-electron chi connectivity index (χ4n) is 2.86. The van der Waals surface area contributed by atoms with Crippen molar-refractivity contribution in [1.29, 1.82) is 0 Å². The molecule has 0 amide bonds. The molecule has 1 heterocycles. The minimum atomic E-state index is 0.547. The molecule has 0 N–H and O–H groups in total. The van der Waals surface area contributed by atoms with Crippen molar-refractivity contribution in [2.45, 2.75) is 44.9 Å². The van der Waals surface area contributed by atoms with Gasteiger partial charge in [-0.25, -0.2) is 4.98 Å². The average molecular weight is 257 g/mol. The largest absolute Gasteiger partial charge is 0.246 e. The zero-order chi connectivity index (χ0) is 12.4. The van der Waals surface area contributed by atoms with E-state index >= 15 is 0 Å². The summed E-state index contributed by atoms with van der Waals surface area (Å²) in [5.41, 5.74) is 4.32. The van der Waals surface area contributed by atoms with Crippen molar-refractivity contribution in [3.63, 3.8) is 0 Å². The SMILES string of the molecule is CCCc1csc(C2CCCc3ccccc32)n1. The quantitative estimate of drug-likeness (QED) is 0.785. The van der Waals surface area contributed by atoms with E-state index in [9.17, 15) is 0 Å². The van der Waals surface area contributed by atoms with E-state index in [1.165, 1.54) is 47.5 Å². The molecule has 1 atom stereocenters. The Balaban J connectivity index is 1.92. The van der Waals surface area contributed by atoms with Crippen LogP contribution >= 0.6 is 11.3 Å². The third-order valence-electron chi connectivity index (χ3n) is 3.74. The molecule has 1 nitrogen and oxygen atoms in total. The van der Waals surface area contributed by atoms with Crippen molar-refractivity contribution in [2.24, 2.45) is 0 Å². The molecule has 0 spiro atoms. The summed E-state index contributed by atoms with van der Waals surface area (Å²) in [5, 5.41) is 3.57. The zero-order valence-corrected chi connectivity index (χ0v) is 11.7. The van der Waals surface area contributed by atoms with Crippen LogP contribution in [-0.4, -0.2) is 4.98 Å². The summed E-state index contributed by atoms with van der Waals surface area (Å²) in [4.78, 5) is 4.84. The van der Waals surface area contributed by atoms with E-state index in [1.807, 2.05) is 11.3 Å². The van der Waals surface area contributed by atoms with Gasteiger partial charge in [-0.2, -0.15) is 0 Å². The summed E-state index contributed by atoms with van der Waals surface area (Å²) < 4.78 is 0. The number of aromatic nitrogens is 1. The smallest absolute Gasteiger partial charge is 0.100 e. The second kappa shape index (κ2) is 5.23. The first kappa shape index (κ1) is 11.9. The van der Waals surface area contributed by atoms with Crippen LogP contribution < -0.4 is 0 Å². The maximum atomic E-state index is 4.84. The Labute approximate surface area is 113 Å². The molecule has 1 aromatic carbocycles. The lowest BCUT2D eigenvalue weighted by Gasteiger charge is -2.23. The van der Waals surface area contributed by atoms with Gasteiger partial charge in [-0.15, -0.1) is 11.3 Å². The highest BCUT2D eigenvalue weighted by Gasteiger charge is 2.23. The topological polar surface area (TPSA) is 12.9 Å². The highest BCUT2D eigenvalue weighted by Crippen LogP contribution is 2.37. The standard InChI is InChI=1S/C16H19NS/c1-2-6-13-11-18-16(17-13)15-10-5-8-12-7-3-4-9-14(12)15/h3-4,7,9,11,15H,2,5-6,8,10H2,1H3. The summed E-state index contributed by atoms with van der Waals surface area (Å²) in [5.74, 6) is 0.547. The highest BCUT2D eigenvalue weighted by molar-refractivity contribution is 7.09. The number of aryl methyl sites for hydroxylation is 2. The molecule has 94 valence electrons. The molecular weight excluding hydrogens is 238 g/mol. The maximum absolute atomic E-state index is 4.84. The molecule has 1 unspecified atom stereocenters. The summed E-state index contributed by atoms with van der Waals surface area (Å²) in [7, 11) is 0. The molecule has 0 saturated carbocycles. The molecular formula is C16H19NS. The minimum absolute atomic E-state index is 0.547. The van der Waals surface area contributed by atoms with E-state index in [0.717, 1.165) is 6.42 Å². The molecule has 0 radical (unpaired) electrons. The van der Waals surface area contributed by atoms with Crippen LogP contribution in [0.4, 0.5) is 0 Å². The molecule has 3 rings (SSSR count). The van der Waals surface area contributed by atoms with Crippen LogP contribution in [0.15, 0.2) is 29.6 Å². The first-order chi connectivity index (χ1) is 8.88. The van der Waals surface area contributed by atoms with E-state index < -0.39 is 0 Å². The Morgan fingerprint density at radius 1 is 1.33 bits per heavy atom. The third-order valence-corrected chi connectivity index (χ3v) is 4.75. The molecule has 0 fully saturated rings. The lowest BCUT2D eigenvalue weighted by Crippen LogP contribution is -2.10. The lowest BCUT2D eigenvalue weighted by molar-refractivity contribution is 0.611. The van der Waals surface area contributed by atoms with Crippen LogP contribution in [0.5, 0.6) is 0 Å². The normalized spacial score (nSPS) is 18.6. The molecule has 1 aromatic heterocycles. The van der Waals surface area contributed by atoms with Gasteiger partial charge in [-0.3, -0.25) is 0 Å². The van der Waals surface area contributed by atoms with Crippen molar-refractivity contribution in [3.05, 3.63) is 51.5 Å². The van der Waals surface area contributed by atoms with Crippen molar-refractivity contribution >= 4 is 11.3 Å². The summed E-state index contributed by atoms with van der Waals surface area (Å²) in [6.45, 7) is 2.22. The number of rotatable bonds is 3. The number of thiazole rings is 1. The second-order valence-electron chi connectivity index (χ2n) is 5.07. The Hall–Kier alpha value is -1.15. The monoisotopic (exact) mass is 257 g/mol. The van der Waals surface area contributed by atoms with E-state index in [0.29, 0.717) is 5.92 Å². The Morgan fingerprint density at radius 2 is 2.22 bits per heavy atom.